The van der Waals surface area contributed by atoms with E-state index < -0.39 is 6.16 Å². The number of carbonyl (C=O) groups excluding carboxylic acids is 1. The molecule has 2 aromatic rings. The highest BCUT2D eigenvalue weighted by atomic mass is 16.7. The summed E-state index contributed by atoms with van der Waals surface area (Å²) < 4.78 is 11.0. The van der Waals surface area contributed by atoms with Gasteiger partial charge in [0.2, 0.25) is 0 Å². The van der Waals surface area contributed by atoms with Gasteiger partial charge in [0.1, 0.15) is 11.5 Å². The molecule has 1 saturated carbocycles. The maximum absolute atomic E-state index is 12.2. The molecule has 0 amide bonds. The van der Waals surface area contributed by atoms with E-state index in [-0.39, 0.29) is 6.10 Å². The molecule has 2 aliphatic rings. The zero-order valence-corrected chi connectivity index (χ0v) is 15.1. The minimum absolute atomic E-state index is 0.236. The largest absolute Gasteiger partial charge is 0.514 e. The fourth-order valence-electron chi connectivity index (χ4n) is 4.83. The number of rotatable bonds is 2. The predicted molar refractivity (Wildman–Crippen MR) is 96.5 cm³/mol. The van der Waals surface area contributed by atoms with Crippen molar-refractivity contribution in [1.82, 2.24) is 0 Å². The normalized spacial score (nSPS) is 24.0. The number of ether oxygens (including phenoxy) is 2. The van der Waals surface area contributed by atoms with Crippen LogP contribution in [0.25, 0.3) is 10.8 Å². The third-order valence-electron chi connectivity index (χ3n) is 5.86. The summed E-state index contributed by atoms with van der Waals surface area (Å²) in [6.45, 7) is 7.81. The van der Waals surface area contributed by atoms with Crippen molar-refractivity contribution in [2.45, 2.75) is 58.5 Å². The SMILES string of the molecule is Cc1cccc2c(O)c3c(c(OC(=O)OC(C)C)c12)C1CCC3C1C. The summed E-state index contributed by atoms with van der Waals surface area (Å²) in [7, 11) is 0. The van der Waals surface area contributed by atoms with E-state index >= 15 is 0 Å². The van der Waals surface area contributed by atoms with Crippen LogP contribution >= 0.6 is 0 Å². The molecule has 0 radical (unpaired) electrons. The number of carbonyl (C=O) groups is 1. The zero-order valence-electron chi connectivity index (χ0n) is 15.1. The molecular weight excluding hydrogens is 316 g/mol. The van der Waals surface area contributed by atoms with Crippen LogP contribution in [0.3, 0.4) is 0 Å². The fraction of sp³-hybridized carbons (Fsp3) is 0.476. The zero-order chi connectivity index (χ0) is 17.9. The van der Waals surface area contributed by atoms with Crippen molar-refractivity contribution in [3.63, 3.8) is 0 Å². The average molecular weight is 340 g/mol. The number of hydrogen-bond donors (Lipinski definition) is 1. The molecule has 4 nitrogen and oxygen atoms in total. The standard InChI is InChI=1S/C21H24O4/c1-10(2)24-21(23)25-20-16-11(3)6-5-7-15(16)19(22)17-13-8-9-14(12(13)4)18(17)20/h5-7,10,12-14,22H,8-9H2,1-4H3. The van der Waals surface area contributed by atoms with Gasteiger partial charge in [-0.2, -0.15) is 0 Å². The Balaban J connectivity index is 1.97. The Hall–Kier alpha value is -2.23. The molecule has 2 bridgehead atoms. The Labute approximate surface area is 147 Å². The fourth-order valence-corrected chi connectivity index (χ4v) is 4.83. The number of hydrogen-bond acceptors (Lipinski definition) is 4. The van der Waals surface area contributed by atoms with Crippen molar-refractivity contribution < 1.29 is 19.4 Å². The van der Waals surface area contributed by atoms with Gasteiger partial charge >= 0.3 is 6.16 Å². The maximum Gasteiger partial charge on any atom is 0.514 e. The molecular formula is C21H24O4. The number of phenols is 1. The lowest BCUT2D eigenvalue weighted by atomic mass is 9.86. The summed E-state index contributed by atoms with van der Waals surface area (Å²) in [6, 6.07) is 5.80. The quantitative estimate of drug-likeness (QED) is 0.588. The van der Waals surface area contributed by atoms with Crippen LogP contribution in [-0.4, -0.2) is 17.4 Å². The van der Waals surface area contributed by atoms with Crippen LogP contribution in [0.1, 0.15) is 62.1 Å². The topological polar surface area (TPSA) is 55.8 Å². The second kappa shape index (κ2) is 5.65. The van der Waals surface area contributed by atoms with E-state index in [4.69, 9.17) is 9.47 Å². The van der Waals surface area contributed by atoms with Gasteiger partial charge in [-0.15, -0.1) is 0 Å². The van der Waals surface area contributed by atoms with E-state index in [1.165, 1.54) is 0 Å². The van der Waals surface area contributed by atoms with Crippen LogP contribution in [0.2, 0.25) is 0 Å². The Bertz CT molecular complexity index is 868. The van der Waals surface area contributed by atoms with Crippen molar-refractivity contribution in [2.75, 3.05) is 0 Å². The lowest BCUT2D eigenvalue weighted by Crippen LogP contribution is -2.17. The van der Waals surface area contributed by atoms with Gasteiger partial charge in [-0.1, -0.05) is 25.1 Å². The molecule has 3 atom stereocenters. The van der Waals surface area contributed by atoms with Gasteiger partial charge in [0, 0.05) is 21.9 Å². The Morgan fingerprint density at radius 1 is 1.20 bits per heavy atom. The molecule has 25 heavy (non-hydrogen) atoms. The first-order chi connectivity index (χ1) is 11.9. The number of phenolic OH excluding ortho intramolecular Hbond substituents is 1. The molecule has 132 valence electrons. The van der Waals surface area contributed by atoms with E-state index in [9.17, 15) is 9.90 Å². The number of aromatic hydroxyl groups is 1. The van der Waals surface area contributed by atoms with Crippen LogP contribution < -0.4 is 4.74 Å². The third-order valence-corrected chi connectivity index (χ3v) is 5.86. The summed E-state index contributed by atoms with van der Waals surface area (Å²) in [6.07, 6.45) is 1.24. The van der Waals surface area contributed by atoms with Gasteiger partial charge < -0.3 is 14.6 Å². The Morgan fingerprint density at radius 3 is 2.56 bits per heavy atom. The molecule has 2 aromatic carbocycles. The minimum Gasteiger partial charge on any atom is -0.507 e. The highest BCUT2D eigenvalue weighted by Crippen LogP contribution is 2.63. The van der Waals surface area contributed by atoms with Gasteiger partial charge in [-0.05, 0) is 56.9 Å². The van der Waals surface area contributed by atoms with E-state index in [0.29, 0.717) is 29.3 Å². The Kier molecular flexibility index (Phi) is 3.67. The monoisotopic (exact) mass is 340 g/mol. The smallest absolute Gasteiger partial charge is 0.507 e. The van der Waals surface area contributed by atoms with E-state index in [0.717, 1.165) is 40.3 Å². The first-order valence-corrected chi connectivity index (χ1v) is 9.06. The van der Waals surface area contributed by atoms with Crippen LogP contribution in [0.4, 0.5) is 4.79 Å². The van der Waals surface area contributed by atoms with Gasteiger partial charge in [-0.3, -0.25) is 0 Å². The Morgan fingerprint density at radius 2 is 1.88 bits per heavy atom. The minimum atomic E-state index is -0.678. The molecule has 1 fully saturated rings. The van der Waals surface area contributed by atoms with Crippen molar-refractivity contribution in [3.8, 4) is 11.5 Å². The van der Waals surface area contributed by atoms with Crippen LogP contribution in [0, 0.1) is 12.8 Å². The lowest BCUT2D eigenvalue weighted by molar-refractivity contribution is 0.0729. The van der Waals surface area contributed by atoms with E-state index in [1.54, 1.807) is 13.8 Å². The molecule has 4 rings (SSSR count). The van der Waals surface area contributed by atoms with Gasteiger partial charge in [0.15, 0.2) is 0 Å². The molecule has 2 aliphatic carbocycles. The molecule has 3 unspecified atom stereocenters. The van der Waals surface area contributed by atoms with E-state index in [1.807, 2.05) is 25.1 Å². The summed E-state index contributed by atoms with van der Waals surface area (Å²) in [4.78, 5) is 12.2. The third kappa shape index (κ3) is 2.30. The molecule has 0 heterocycles. The van der Waals surface area contributed by atoms with Crippen molar-refractivity contribution in [2.24, 2.45) is 5.92 Å². The first kappa shape index (κ1) is 16.2. The van der Waals surface area contributed by atoms with Crippen molar-refractivity contribution in [3.05, 3.63) is 34.9 Å². The summed E-state index contributed by atoms with van der Waals surface area (Å²) >= 11 is 0. The average Bonchev–Trinajstić information content (AvgIpc) is 3.04. The van der Waals surface area contributed by atoms with Crippen LogP contribution in [0.15, 0.2) is 18.2 Å². The predicted octanol–water partition coefficient (Wildman–Crippen LogP) is 5.39. The number of aryl methyl sites for hydroxylation is 1. The van der Waals surface area contributed by atoms with Crippen molar-refractivity contribution in [1.29, 1.82) is 0 Å². The second-order valence-corrected chi connectivity index (χ2v) is 7.67. The first-order valence-electron chi connectivity index (χ1n) is 9.06. The molecule has 0 aliphatic heterocycles. The molecule has 0 spiro atoms. The van der Waals surface area contributed by atoms with Crippen LogP contribution in [-0.2, 0) is 4.74 Å². The van der Waals surface area contributed by atoms with Gasteiger partial charge in [0.05, 0.1) is 6.10 Å². The van der Waals surface area contributed by atoms with E-state index in [2.05, 4.69) is 6.92 Å². The lowest BCUT2D eigenvalue weighted by Gasteiger charge is -2.23. The number of fused-ring (bicyclic) bond motifs is 6. The second-order valence-electron chi connectivity index (χ2n) is 7.67. The summed E-state index contributed by atoms with van der Waals surface area (Å²) in [5.41, 5.74) is 2.98. The number of benzene rings is 2. The highest BCUT2D eigenvalue weighted by molar-refractivity contribution is 6.00. The summed E-state index contributed by atoms with van der Waals surface area (Å²) in [5, 5.41) is 12.5. The van der Waals surface area contributed by atoms with Gasteiger partial charge in [-0.25, -0.2) is 4.79 Å². The summed E-state index contributed by atoms with van der Waals surface area (Å²) in [5.74, 6) is 2.08. The maximum atomic E-state index is 12.2. The van der Waals surface area contributed by atoms with Crippen molar-refractivity contribution >= 4 is 16.9 Å². The van der Waals surface area contributed by atoms with Gasteiger partial charge in [0.25, 0.3) is 0 Å². The molecule has 4 heteroatoms. The molecule has 0 aromatic heterocycles. The highest BCUT2D eigenvalue weighted by Gasteiger charge is 2.48. The molecule has 1 N–H and O–H groups in total. The molecule has 0 saturated heterocycles. The van der Waals surface area contributed by atoms with Crippen LogP contribution in [0.5, 0.6) is 11.5 Å².